The monoisotopic (exact) mass is 246 g/mol. The van der Waals surface area contributed by atoms with Gasteiger partial charge in [0.25, 0.3) is 0 Å². The van der Waals surface area contributed by atoms with Gasteiger partial charge in [0.15, 0.2) is 0 Å². The molecule has 1 atom stereocenters. The molecule has 0 heterocycles. The third-order valence-corrected chi connectivity index (χ3v) is 4.62. The van der Waals surface area contributed by atoms with Gasteiger partial charge in [-0.05, 0) is 51.0 Å². The van der Waals surface area contributed by atoms with E-state index in [0.717, 1.165) is 24.3 Å². The minimum absolute atomic E-state index is 0.412. The van der Waals surface area contributed by atoms with Gasteiger partial charge in [0.2, 0.25) is 0 Å². The van der Waals surface area contributed by atoms with Crippen molar-refractivity contribution in [1.29, 1.82) is 0 Å². The van der Waals surface area contributed by atoms with E-state index in [9.17, 15) is 5.11 Å². The minimum Gasteiger partial charge on any atom is -0.385 e. The standard InChI is InChI=1S/C17H26O/c1-12-5-7-15(8-6-12)17(4,18)16-10-13(2)9-14(3)11-16/h9-12,15,18H,5-8H2,1-4H3. The smallest absolute Gasteiger partial charge is 0.0896 e. The Morgan fingerprint density at radius 1 is 1.00 bits per heavy atom. The molecule has 0 saturated heterocycles. The van der Waals surface area contributed by atoms with Gasteiger partial charge in [-0.25, -0.2) is 0 Å². The summed E-state index contributed by atoms with van der Waals surface area (Å²) >= 11 is 0. The second-order valence-corrected chi connectivity index (χ2v) is 6.48. The topological polar surface area (TPSA) is 20.2 Å². The third kappa shape index (κ3) is 2.77. The highest BCUT2D eigenvalue weighted by atomic mass is 16.3. The van der Waals surface area contributed by atoms with E-state index in [1.807, 2.05) is 6.92 Å². The van der Waals surface area contributed by atoms with Crippen LogP contribution in [0.1, 0.15) is 56.2 Å². The van der Waals surface area contributed by atoms with Crippen LogP contribution in [0.25, 0.3) is 0 Å². The Bertz CT molecular complexity index is 391. The van der Waals surface area contributed by atoms with Gasteiger partial charge in [-0.1, -0.05) is 49.1 Å². The fourth-order valence-corrected chi connectivity index (χ4v) is 3.32. The van der Waals surface area contributed by atoms with Gasteiger partial charge in [-0.2, -0.15) is 0 Å². The summed E-state index contributed by atoms with van der Waals surface area (Å²) in [5.74, 6) is 1.24. The lowest BCUT2D eigenvalue weighted by molar-refractivity contribution is -0.0265. The number of aliphatic hydroxyl groups is 1. The lowest BCUT2D eigenvalue weighted by Crippen LogP contribution is -2.34. The van der Waals surface area contributed by atoms with E-state index in [-0.39, 0.29) is 0 Å². The largest absolute Gasteiger partial charge is 0.385 e. The summed E-state index contributed by atoms with van der Waals surface area (Å²) in [5, 5.41) is 10.9. The normalized spacial score (nSPS) is 27.8. The van der Waals surface area contributed by atoms with Crippen molar-refractivity contribution in [3.63, 3.8) is 0 Å². The zero-order chi connectivity index (χ0) is 13.3. The van der Waals surface area contributed by atoms with Crippen LogP contribution in [0, 0.1) is 25.7 Å². The molecule has 1 fully saturated rings. The molecule has 1 aromatic carbocycles. The highest BCUT2D eigenvalue weighted by Crippen LogP contribution is 2.41. The molecule has 1 N–H and O–H groups in total. The van der Waals surface area contributed by atoms with Crippen molar-refractivity contribution < 1.29 is 5.11 Å². The molecule has 1 heteroatoms. The maximum absolute atomic E-state index is 10.9. The van der Waals surface area contributed by atoms with E-state index < -0.39 is 5.60 Å². The number of hydrogen-bond donors (Lipinski definition) is 1. The maximum atomic E-state index is 10.9. The molecule has 2 rings (SSSR count). The Morgan fingerprint density at radius 2 is 1.50 bits per heavy atom. The summed E-state index contributed by atoms with van der Waals surface area (Å²) in [6.07, 6.45) is 4.82. The zero-order valence-corrected chi connectivity index (χ0v) is 12.2. The van der Waals surface area contributed by atoms with Crippen molar-refractivity contribution in [1.82, 2.24) is 0 Å². The first-order chi connectivity index (χ1) is 8.39. The van der Waals surface area contributed by atoms with Crippen LogP contribution in [0.4, 0.5) is 0 Å². The van der Waals surface area contributed by atoms with E-state index in [1.165, 1.54) is 24.0 Å². The van der Waals surface area contributed by atoms with Crippen LogP contribution in [0.2, 0.25) is 0 Å². The lowest BCUT2D eigenvalue weighted by Gasteiger charge is -2.38. The van der Waals surface area contributed by atoms with Crippen LogP contribution < -0.4 is 0 Å². The lowest BCUT2D eigenvalue weighted by atomic mass is 9.71. The SMILES string of the molecule is Cc1cc(C)cc(C(C)(O)C2CCC(C)CC2)c1. The molecule has 0 aliphatic heterocycles. The molecule has 1 nitrogen and oxygen atoms in total. The molecule has 0 spiro atoms. The van der Waals surface area contributed by atoms with E-state index in [4.69, 9.17) is 0 Å². The molecular formula is C17H26O. The molecule has 1 unspecified atom stereocenters. The molecule has 0 aromatic heterocycles. The van der Waals surface area contributed by atoms with Crippen LogP contribution in [-0.2, 0) is 5.60 Å². The van der Waals surface area contributed by atoms with Gasteiger partial charge in [0, 0.05) is 0 Å². The van der Waals surface area contributed by atoms with E-state index in [0.29, 0.717) is 5.92 Å². The van der Waals surface area contributed by atoms with E-state index in [1.54, 1.807) is 0 Å². The summed E-state index contributed by atoms with van der Waals surface area (Å²) in [6.45, 7) is 8.54. The quantitative estimate of drug-likeness (QED) is 0.823. The van der Waals surface area contributed by atoms with Crippen molar-refractivity contribution in [3.05, 3.63) is 34.9 Å². The Morgan fingerprint density at radius 3 is 2.00 bits per heavy atom. The first-order valence-electron chi connectivity index (χ1n) is 7.20. The molecule has 1 aromatic rings. The summed E-state index contributed by atoms with van der Waals surface area (Å²) in [5.41, 5.74) is 2.92. The van der Waals surface area contributed by atoms with Gasteiger partial charge in [-0.3, -0.25) is 0 Å². The van der Waals surface area contributed by atoms with Gasteiger partial charge < -0.3 is 5.11 Å². The molecular weight excluding hydrogens is 220 g/mol. The number of rotatable bonds is 2. The average Bonchev–Trinajstić information content (AvgIpc) is 2.28. The van der Waals surface area contributed by atoms with Gasteiger partial charge in [-0.15, -0.1) is 0 Å². The summed E-state index contributed by atoms with van der Waals surface area (Å²) < 4.78 is 0. The van der Waals surface area contributed by atoms with Crippen LogP contribution in [0.3, 0.4) is 0 Å². The molecule has 0 radical (unpaired) electrons. The average molecular weight is 246 g/mol. The molecule has 100 valence electrons. The van der Waals surface area contributed by atoms with Crippen molar-refractivity contribution >= 4 is 0 Å². The Labute approximate surface area is 111 Å². The van der Waals surface area contributed by atoms with E-state index >= 15 is 0 Å². The van der Waals surface area contributed by atoms with Gasteiger partial charge in [0.05, 0.1) is 5.60 Å². The second-order valence-electron chi connectivity index (χ2n) is 6.48. The van der Waals surface area contributed by atoms with Crippen molar-refractivity contribution in [3.8, 4) is 0 Å². The maximum Gasteiger partial charge on any atom is 0.0896 e. The van der Waals surface area contributed by atoms with Crippen LogP contribution in [-0.4, -0.2) is 5.11 Å². The number of aryl methyl sites for hydroxylation is 2. The zero-order valence-electron chi connectivity index (χ0n) is 12.2. The molecule has 18 heavy (non-hydrogen) atoms. The fraction of sp³-hybridized carbons (Fsp3) is 0.647. The molecule has 1 saturated carbocycles. The molecule has 1 aliphatic rings. The highest BCUT2D eigenvalue weighted by Gasteiger charge is 2.35. The van der Waals surface area contributed by atoms with Crippen LogP contribution in [0.15, 0.2) is 18.2 Å². The summed E-state index contributed by atoms with van der Waals surface area (Å²) in [7, 11) is 0. The van der Waals surface area contributed by atoms with Gasteiger partial charge >= 0.3 is 0 Å². The van der Waals surface area contributed by atoms with E-state index in [2.05, 4.69) is 39.0 Å². The van der Waals surface area contributed by atoms with Crippen molar-refractivity contribution in [2.45, 2.75) is 59.0 Å². The molecule has 0 amide bonds. The first kappa shape index (κ1) is 13.6. The minimum atomic E-state index is -0.670. The summed E-state index contributed by atoms with van der Waals surface area (Å²) in [4.78, 5) is 0. The Kier molecular flexibility index (Phi) is 3.82. The third-order valence-electron chi connectivity index (χ3n) is 4.62. The Hall–Kier alpha value is -0.820. The second kappa shape index (κ2) is 5.05. The number of benzene rings is 1. The van der Waals surface area contributed by atoms with Gasteiger partial charge in [0.1, 0.15) is 0 Å². The number of hydrogen-bond acceptors (Lipinski definition) is 1. The predicted molar refractivity (Wildman–Crippen MR) is 76.6 cm³/mol. The fourth-order valence-electron chi connectivity index (χ4n) is 3.32. The molecule has 0 bridgehead atoms. The summed E-state index contributed by atoms with van der Waals surface area (Å²) in [6, 6.07) is 6.46. The first-order valence-corrected chi connectivity index (χ1v) is 7.20. The molecule has 1 aliphatic carbocycles. The van der Waals surface area contributed by atoms with Crippen molar-refractivity contribution in [2.75, 3.05) is 0 Å². The predicted octanol–water partition coefficient (Wildman–Crippen LogP) is 4.34. The van der Waals surface area contributed by atoms with Crippen LogP contribution >= 0.6 is 0 Å². The Balaban J connectivity index is 2.24. The van der Waals surface area contributed by atoms with Crippen molar-refractivity contribution in [2.24, 2.45) is 11.8 Å². The highest BCUT2D eigenvalue weighted by molar-refractivity contribution is 5.32. The van der Waals surface area contributed by atoms with Crippen LogP contribution in [0.5, 0.6) is 0 Å².